The number of phenolic OH excluding ortho intramolecular Hbond substituents is 1. The molecule has 2 aromatic carbocycles. The van der Waals surface area contributed by atoms with Gasteiger partial charge < -0.3 is 19.8 Å². The Morgan fingerprint density at radius 2 is 1.86 bits per heavy atom. The van der Waals surface area contributed by atoms with Crippen LogP contribution in [0.2, 0.25) is 5.02 Å². The molecule has 4 rings (SSSR count). The summed E-state index contributed by atoms with van der Waals surface area (Å²) in [5.74, 6) is 1.40. The molecule has 1 heterocycles. The van der Waals surface area contributed by atoms with Gasteiger partial charge >= 0.3 is 0 Å². The molecule has 0 radical (unpaired) electrons. The first-order valence-electron chi connectivity index (χ1n) is 9.64. The number of para-hydroxylation sites is 1. The monoisotopic (exact) mass is 401 g/mol. The molecule has 28 heavy (non-hydrogen) atoms. The van der Waals surface area contributed by atoms with Gasteiger partial charge in [0.25, 0.3) is 0 Å². The number of rotatable bonds is 4. The maximum absolute atomic E-state index is 12.7. The van der Waals surface area contributed by atoms with Crippen molar-refractivity contribution >= 4 is 17.5 Å². The highest BCUT2D eigenvalue weighted by Gasteiger charge is 2.43. The molecule has 1 saturated heterocycles. The number of ether oxygens (including phenoxy) is 1. The summed E-state index contributed by atoms with van der Waals surface area (Å²) in [4.78, 5) is 14.6. The topological polar surface area (TPSA) is 70.0 Å². The number of aliphatic hydroxyl groups excluding tert-OH is 1. The number of fused-ring (bicyclic) bond motifs is 1. The molecule has 1 aliphatic heterocycles. The number of likely N-dealkylation sites (tertiary alicyclic amines) is 1. The lowest BCUT2D eigenvalue weighted by Crippen LogP contribution is -2.42. The van der Waals surface area contributed by atoms with Crippen molar-refractivity contribution in [1.82, 2.24) is 4.90 Å². The summed E-state index contributed by atoms with van der Waals surface area (Å²) in [5.41, 5.74) is 0.643. The van der Waals surface area contributed by atoms with Crippen molar-refractivity contribution in [3.8, 4) is 11.5 Å². The molecule has 2 N–H and O–H groups in total. The number of benzene rings is 2. The Morgan fingerprint density at radius 3 is 2.61 bits per heavy atom. The highest BCUT2D eigenvalue weighted by Crippen LogP contribution is 2.38. The first-order chi connectivity index (χ1) is 13.5. The van der Waals surface area contributed by atoms with Gasteiger partial charge in [-0.3, -0.25) is 4.79 Å². The standard InChI is InChI=1S/C22H24ClNO4/c23-17-5-3-6-18(11-17)28-21-9-16-13-24(12-15(16)8-20(21)26)22(27)10-14-4-1-2-7-19(14)25/h1-7,11,15-16,20-21,25-26H,8-10,12-13H2/t15-,16+,20+,21+/m0/s1. The molecule has 6 heteroatoms. The molecular formula is C22H24ClNO4. The summed E-state index contributed by atoms with van der Waals surface area (Å²) in [6.07, 6.45) is 0.660. The van der Waals surface area contributed by atoms with Gasteiger partial charge in [-0.2, -0.15) is 0 Å². The van der Waals surface area contributed by atoms with Crippen molar-refractivity contribution < 1.29 is 19.7 Å². The number of hydrogen-bond acceptors (Lipinski definition) is 4. The zero-order valence-electron chi connectivity index (χ0n) is 15.5. The van der Waals surface area contributed by atoms with Crippen LogP contribution in [0, 0.1) is 11.8 Å². The van der Waals surface area contributed by atoms with Crippen molar-refractivity contribution in [3.63, 3.8) is 0 Å². The van der Waals surface area contributed by atoms with Crippen LogP contribution in [0.3, 0.4) is 0 Å². The first kappa shape index (κ1) is 19.1. The minimum atomic E-state index is -0.562. The maximum atomic E-state index is 12.7. The second kappa shape index (κ2) is 8.02. The van der Waals surface area contributed by atoms with Gasteiger partial charge in [-0.1, -0.05) is 35.9 Å². The molecule has 0 bridgehead atoms. The summed E-state index contributed by atoms with van der Waals surface area (Å²) >= 11 is 6.02. The molecule has 1 aliphatic carbocycles. The van der Waals surface area contributed by atoms with Crippen LogP contribution in [0.25, 0.3) is 0 Å². The maximum Gasteiger partial charge on any atom is 0.227 e. The van der Waals surface area contributed by atoms with Crippen LogP contribution >= 0.6 is 11.6 Å². The fourth-order valence-corrected chi connectivity index (χ4v) is 4.55. The highest BCUT2D eigenvalue weighted by atomic mass is 35.5. The lowest BCUT2D eigenvalue weighted by atomic mass is 9.78. The predicted octanol–water partition coefficient (Wildman–Crippen LogP) is 3.27. The number of hydrogen-bond donors (Lipinski definition) is 2. The Morgan fingerprint density at radius 1 is 1.11 bits per heavy atom. The Balaban J connectivity index is 1.38. The van der Waals surface area contributed by atoms with E-state index in [0.29, 0.717) is 48.2 Å². The lowest BCUT2D eigenvalue weighted by Gasteiger charge is -2.35. The number of aromatic hydroxyl groups is 1. The number of amides is 1. The van der Waals surface area contributed by atoms with E-state index in [1.165, 1.54) is 0 Å². The molecule has 1 amide bonds. The van der Waals surface area contributed by atoms with E-state index < -0.39 is 6.10 Å². The second-order valence-corrected chi connectivity index (χ2v) is 8.21. The van der Waals surface area contributed by atoms with E-state index in [2.05, 4.69) is 0 Å². The van der Waals surface area contributed by atoms with Crippen LogP contribution < -0.4 is 4.74 Å². The fraction of sp³-hybridized carbons (Fsp3) is 0.409. The summed E-state index contributed by atoms with van der Waals surface area (Å²) < 4.78 is 5.99. The summed E-state index contributed by atoms with van der Waals surface area (Å²) in [6, 6.07) is 14.1. The van der Waals surface area contributed by atoms with Crippen LogP contribution in [0.15, 0.2) is 48.5 Å². The number of phenols is 1. The molecule has 0 spiro atoms. The predicted molar refractivity (Wildman–Crippen MR) is 106 cm³/mol. The molecule has 2 aromatic rings. The van der Waals surface area contributed by atoms with Crippen LogP contribution in [-0.2, 0) is 11.2 Å². The van der Waals surface area contributed by atoms with E-state index in [1.807, 2.05) is 23.1 Å². The van der Waals surface area contributed by atoms with Gasteiger partial charge in [0, 0.05) is 23.7 Å². The van der Waals surface area contributed by atoms with Crippen LogP contribution in [0.4, 0.5) is 0 Å². The number of nitrogens with zero attached hydrogens (tertiary/aromatic N) is 1. The Kier molecular flexibility index (Phi) is 5.47. The van der Waals surface area contributed by atoms with E-state index in [0.717, 1.165) is 0 Å². The minimum Gasteiger partial charge on any atom is -0.508 e. The summed E-state index contributed by atoms with van der Waals surface area (Å²) in [5, 5.41) is 21.1. The Hall–Kier alpha value is -2.24. The van der Waals surface area contributed by atoms with Crippen molar-refractivity contribution in [1.29, 1.82) is 0 Å². The average molecular weight is 402 g/mol. The number of aliphatic hydroxyl groups is 1. The summed E-state index contributed by atoms with van der Waals surface area (Å²) in [6.45, 7) is 1.32. The third-order valence-electron chi connectivity index (χ3n) is 5.85. The second-order valence-electron chi connectivity index (χ2n) is 7.78. The van der Waals surface area contributed by atoms with Gasteiger partial charge in [0.05, 0.1) is 12.5 Å². The van der Waals surface area contributed by atoms with Gasteiger partial charge in [-0.15, -0.1) is 0 Å². The third-order valence-corrected chi connectivity index (χ3v) is 6.09. The van der Waals surface area contributed by atoms with Crippen molar-refractivity contribution in [2.24, 2.45) is 11.8 Å². The number of halogens is 1. The van der Waals surface area contributed by atoms with Crippen molar-refractivity contribution in [3.05, 3.63) is 59.1 Å². The van der Waals surface area contributed by atoms with Gasteiger partial charge in [0.2, 0.25) is 5.91 Å². The van der Waals surface area contributed by atoms with Crippen molar-refractivity contribution in [2.45, 2.75) is 31.5 Å². The lowest BCUT2D eigenvalue weighted by molar-refractivity contribution is -0.129. The summed E-state index contributed by atoms with van der Waals surface area (Å²) in [7, 11) is 0. The molecule has 4 atom stereocenters. The van der Waals surface area contributed by atoms with Crippen LogP contribution in [-0.4, -0.2) is 46.3 Å². The third kappa shape index (κ3) is 4.10. The van der Waals surface area contributed by atoms with Crippen LogP contribution in [0.5, 0.6) is 11.5 Å². The van der Waals surface area contributed by atoms with E-state index in [1.54, 1.807) is 30.3 Å². The molecular weight excluding hydrogens is 378 g/mol. The number of carbonyl (C=O) groups excluding carboxylic acids is 1. The SMILES string of the molecule is O=C(Cc1ccccc1O)N1C[C@H]2C[C@@H](Oc3cccc(Cl)c3)[C@H](O)C[C@H]2C1. The van der Waals surface area contributed by atoms with Crippen molar-refractivity contribution in [2.75, 3.05) is 13.1 Å². The van der Waals surface area contributed by atoms with Gasteiger partial charge in [-0.05, 0) is 48.9 Å². The normalized spacial score (nSPS) is 26.7. The largest absolute Gasteiger partial charge is 0.508 e. The zero-order valence-corrected chi connectivity index (χ0v) is 16.3. The molecule has 5 nitrogen and oxygen atoms in total. The Bertz CT molecular complexity index is 858. The van der Waals surface area contributed by atoms with E-state index >= 15 is 0 Å². The molecule has 2 aliphatic rings. The smallest absolute Gasteiger partial charge is 0.227 e. The van der Waals surface area contributed by atoms with E-state index in [9.17, 15) is 15.0 Å². The quantitative estimate of drug-likeness (QED) is 0.825. The zero-order chi connectivity index (χ0) is 19.7. The fourth-order valence-electron chi connectivity index (χ4n) is 4.37. The molecule has 0 aromatic heterocycles. The number of carbonyl (C=O) groups is 1. The first-order valence-corrected chi connectivity index (χ1v) is 10.0. The minimum absolute atomic E-state index is 0.0118. The van der Waals surface area contributed by atoms with E-state index in [4.69, 9.17) is 16.3 Å². The van der Waals surface area contributed by atoms with Crippen LogP contribution in [0.1, 0.15) is 18.4 Å². The molecule has 2 fully saturated rings. The molecule has 1 saturated carbocycles. The molecule has 0 unspecified atom stereocenters. The van der Waals surface area contributed by atoms with E-state index in [-0.39, 0.29) is 30.1 Å². The Labute approximate surface area is 169 Å². The highest BCUT2D eigenvalue weighted by molar-refractivity contribution is 6.30. The van der Waals surface area contributed by atoms with Gasteiger partial charge in [-0.25, -0.2) is 0 Å². The van der Waals surface area contributed by atoms with Gasteiger partial charge in [0.15, 0.2) is 0 Å². The van der Waals surface area contributed by atoms with Gasteiger partial charge in [0.1, 0.15) is 17.6 Å². The average Bonchev–Trinajstić information content (AvgIpc) is 3.07. The molecule has 148 valence electrons.